The fourth-order valence-electron chi connectivity index (χ4n) is 2.74. The monoisotopic (exact) mass is 338 g/mol. The van der Waals surface area contributed by atoms with Gasteiger partial charge in [0.05, 0.1) is 15.9 Å². The lowest BCUT2D eigenvalue weighted by molar-refractivity contribution is 0.130. The molecule has 1 unspecified atom stereocenters. The van der Waals surface area contributed by atoms with Crippen LogP contribution < -0.4 is 0 Å². The molecule has 2 aromatic heterocycles. The third-order valence-electron chi connectivity index (χ3n) is 3.76. The molecule has 0 aliphatic carbocycles. The second-order valence-corrected chi connectivity index (χ2v) is 5.87. The van der Waals surface area contributed by atoms with E-state index in [4.69, 9.17) is 5.11 Å². The van der Waals surface area contributed by atoms with E-state index >= 15 is 0 Å². The molecule has 1 aliphatic rings. The van der Waals surface area contributed by atoms with Crippen LogP contribution in [-0.2, 0) is 0 Å². The number of aryl methyl sites for hydroxylation is 1. The van der Waals surface area contributed by atoms with Gasteiger partial charge in [0.15, 0.2) is 5.65 Å². The van der Waals surface area contributed by atoms with Gasteiger partial charge in [-0.2, -0.15) is 5.10 Å². The zero-order valence-electron chi connectivity index (χ0n) is 11.1. The first-order valence-electron chi connectivity index (χ1n) is 6.55. The first kappa shape index (κ1) is 13.4. The van der Waals surface area contributed by atoms with Crippen molar-refractivity contribution in [2.24, 2.45) is 0 Å². The summed E-state index contributed by atoms with van der Waals surface area (Å²) >= 11 is 3.49. The summed E-state index contributed by atoms with van der Waals surface area (Å²) in [5, 5.41) is 13.6. The first-order chi connectivity index (χ1) is 9.58. The van der Waals surface area contributed by atoms with E-state index in [-0.39, 0.29) is 5.92 Å². The summed E-state index contributed by atoms with van der Waals surface area (Å²) in [4.78, 5) is 16.9. The van der Waals surface area contributed by atoms with Crippen LogP contribution in [0, 0.1) is 6.92 Å². The van der Waals surface area contributed by atoms with Crippen molar-refractivity contribution in [1.29, 1.82) is 0 Å². The van der Waals surface area contributed by atoms with Gasteiger partial charge >= 0.3 is 6.09 Å². The van der Waals surface area contributed by atoms with E-state index in [1.807, 2.05) is 17.5 Å². The lowest BCUT2D eigenvalue weighted by Crippen LogP contribution is -2.38. The van der Waals surface area contributed by atoms with E-state index in [0.29, 0.717) is 13.1 Å². The van der Waals surface area contributed by atoms with E-state index < -0.39 is 6.09 Å². The van der Waals surface area contributed by atoms with Crippen molar-refractivity contribution in [3.8, 4) is 0 Å². The SMILES string of the molecule is Cc1nn2c(C3CCCN(C(=O)O)C3)ccnc2c1Br. The highest BCUT2D eigenvalue weighted by atomic mass is 79.9. The van der Waals surface area contributed by atoms with Gasteiger partial charge in [-0.05, 0) is 41.8 Å². The summed E-state index contributed by atoms with van der Waals surface area (Å²) < 4.78 is 2.72. The largest absolute Gasteiger partial charge is 0.465 e. The van der Waals surface area contributed by atoms with Gasteiger partial charge in [-0.25, -0.2) is 14.3 Å². The minimum absolute atomic E-state index is 0.163. The molecular formula is C13H15BrN4O2. The molecule has 20 heavy (non-hydrogen) atoms. The molecule has 0 aromatic carbocycles. The zero-order chi connectivity index (χ0) is 14.3. The summed E-state index contributed by atoms with van der Waals surface area (Å²) in [5.41, 5.74) is 2.69. The van der Waals surface area contributed by atoms with Crippen LogP contribution in [-0.4, -0.2) is 43.8 Å². The third-order valence-corrected chi connectivity index (χ3v) is 4.69. The molecule has 3 heterocycles. The summed E-state index contributed by atoms with van der Waals surface area (Å²) in [7, 11) is 0. The highest BCUT2D eigenvalue weighted by Crippen LogP contribution is 2.29. The Hall–Kier alpha value is -1.63. The van der Waals surface area contributed by atoms with Gasteiger partial charge in [0, 0.05) is 25.2 Å². The number of halogens is 1. The molecule has 1 fully saturated rings. The summed E-state index contributed by atoms with van der Waals surface area (Å²) in [6, 6.07) is 1.93. The molecule has 1 N–H and O–H groups in total. The van der Waals surface area contributed by atoms with Crippen LogP contribution in [0.2, 0.25) is 0 Å². The first-order valence-corrected chi connectivity index (χ1v) is 7.35. The van der Waals surface area contributed by atoms with Crippen molar-refractivity contribution in [3.05, 3.63) is 28.1 Å². The Morgan fingerprint density at radius 3 is 3.10 bits per heavy atom. The normalized spacial score (nSPS) is 19.5. The highest BCUT2D eigenvalue weighted by Gasteiger charge is 2.26. The average molecular weight is 339 g/mol. The van der Waals surface area contributed by atoms with Gasteiger partial charge in [0.2, 0.25) is 0 Å². The molecule has 7 heteroatoms. The molecule has 1 amide bonds. The molecule has 0 saturated carbocycles. The minimum atomic E-state index is -0.849. The van der Waals surface area contributed by atoms with Crippen molar-refractivity contribution in [2.45, 2.75) is 25.7 Å². The quantitative estimate of drug-likeness (QED) is 0.867. The predicted molar refractivity (Wildman–Crippen MR) is 77.0 cm³/mol. The number of nitrogens with zero attached hydrogens (tertiary/aromatic N) is 4. The number of hydrogen-bond acceptors (Lipinski definition) is 3. The maximum absolute atomic E-state index is 11.1. The Morgan fingerprint density at radius 2 is 2.35 bits per heavy atom. The van der Waals surface area contributed by atoms with E-state index in [1.54, 1.807) is 6.20 Å². The smallest absolute Gasteiger partial charge is 0.407 e. The third kappa shape index (κ3) is 2.15. The highest BCUT2D eigenvalue weighted by molar-refractivity contribution is 9.10. The molecule has 3 rings (SSSR count). The molecule has 6 nitrogen and oxygen atoms in total. The van der Waals surface area contributed by atoms with Crippen LogP contribution in [0.25, 0.3) is 5.65 Å². The van der Waals surface area contributed by atoms with Crippen LogP contribution in [0.5, 0.6) is 0 Å². The average Bonchev–Trinajstić information content (AvgIpc) is 2.74. The molecule has 106 valence electrons. The summed E-state index contributed by atoms with van der Waals surface area (Å²) in [6.45, 7) is 3.06. The summed E-state index contributed by atoms with van der Waals surface area (Å²) in [6.07, 6.45) is 2.76. The van der Waals surface area contributed by atoms with E-state index in [1.165, 1.54) is 4.90 Å². The lowest BCUT2D eigenvalue weighted by atomic mass is 9.95. The Bertz CT molecular complexity index is 670. The number of carbonyl (C=O) groups is 1. The lowest BCUT2D eigenvalue weighted by Gasteiger charge is -2.30. The van der Waals surface area contributed by atoms with Crippen molar-refractivity contribution < 1.29 is 9.90 Å². The predicted octanol–water partition coefficient (Wildman–Crippen LogP) is 2.66. The standard InChI is InChI=1S/C13H15BrN4O2/c1-8-11(14)12-15-5-4-10(18(12)16-8)9-3-2-6-17(7-9)13(19)20/h4-5,9H,2-3,6-7H2,1H3,(H,19,20). The number of fused-ring (bicyclic) bond motifs is 1. The van der Waals surface area contributed by atoms with Gasteiger partial charge in [0.25, 0.3) is 0 Å². The van der Waals surface area contributed by atoms with Crippen molar-refractivity contribution >= 4 is 27.7 Å². The fraction of sp³-hybridized carbons (Fsp3) is 0.462. The van der Waals surface area contributed by atoms with Gasteiger partial charge in [-0.1, -0.05) is 0 Å². The summed E-state index contributed by atoms with van der Waals surface area (Å²) in [5.74, 6) is 0.163. The van der Waals surface area contributed by atoms with E-state index in [0.717, 1.165) is 34.3 Å². The van der Waals surface area contributed by atoms with Crippen LogP contribution in [0.15, 0.2) is 16.7 Å². The molecular weight excluding hydrogens is 324 g/mol. The Balaban J connectivity index is 2.01. The number of hydrogen-bond donors (Lipinski definition) is 1. The second-order valence-electron chi connectivity index (χ2n) is 5.07. The minimum Gasteiger partial charge on any atom is -0.465 e. The molecule has 0 bridgehead atoms. The number of likely N-dealkylation sites (tertiary alicyclic amines) is 1. The van der Waals surface area contributed by atoms with E-state index in [9.17, 15) is 4.79 Å². The fourth-order valence-corrected chi connectivity index (χ4v) is 3.09. The molecule has 0 spiro atoms. The second kappa shape index (κ2) is 5.05. The van der Waals surface area contributed by atoms with Gasteiger partial charge in [-0.3, -0.25) is 0 Å². The molecule has 1 aliphatic heterocycles. The Morgan fingerprint density at radius 1 is 1.55 bits per heavy atom. The molecule has 2 aromatic rings. The van der Waals surface area contributed by atoms with Crippen LogP contribution in [0.4, 0.5) is 4.79 Å². The van der Waals surface area contributed by atoms with Crippen LogP contribution in [0.1, 0.15) is 30.1 Å². The number of piperidine rings is 1. The molecule has 0 radical (unpaired) electrons. The number of rotatable bonds is 1. The van der Waals surface area contributed by atoms with E-state index in [2.05, 4.69) is 26.0 Å². The Kier molecular flexibility index (Phi) is 3.37. The zero-order valence-corrected chi connectivity index (χ0v) is 12.7. The Labute approximate surface area is 124 Å². The van der Waals surface area contributed by atoms with Gasteiger partial charge < -0.3 is 10.0 Å². The van der Waals surface area contributed by atoms with Crippen molar-refractivity contribution in [2.75, 3.05) is 13.1 Å². The van der Waals surface area contributed by atoms with Crippen LogP contribution >= 0.6 is 15.9 Å². The molecule has 1 atom stereocenters. The van der Waals surface area contributed by atoms with Gasteiger partial charge in [-0.15, -0.1) is 0 Å². The van der Waals surface area contributed by atoms with Gasteiger partial charge in [0.1, 0.15) is 0 Å². The number of amides is 1. The topological polar surface area (TPSA) is 70.7 Å². The van der Waals surface area contributed by atoms with Crippen molar-refractivity contribution in [3.63, 3.8) is 0 Å². The maximum Gasteiger partial charge on any atom is 0.407 e. The van der Waals surface area contributed by atoms with Crippen molar-refractivity contribution in [1.82, 2.24) is 19.5 Å². The number of aromatic nitrogens is 3. The maximum atomic E-state index is 11.1. The number of carboxylic acid groups (broad SMARTS) is 1. The molecule has 1 saturated heterocycles. The van der Waals surface area contributed by atoms with Crippen LogP contribution in [0.3, 0.4) is 0 Å².